The van der Waals surface area contributed by atoms with E-state index < -0.39 is 11.3 Å². The van der Waals surface area contributed by atoms with Crippen molar-refractivity contribution in [1.82, 2.24) is 25.2 Å². The van der Waals surface area contributed by atoms with Crippen LogP contribution in [0.1, 0.15) is 74.7 Å². The Balaban J connectivity index is 0.00000151. The number of aryl methyl sites for hydroxylation is 1. The van der Waals surface area contributed by atoms with Crippen LogP contribution in [-0.4, -0.2) is 82.8 Å². The zero-order valence-corrected chi connectivity index (χ0v) is 28.5. The second-order valence-corrected chi connectivity index (χ2v) is 10.6. The summed E-state index contributed by atoms with van der Waals surface area (Å²) in [7, 11) is 1.53. The SMILES string of the molecule is CC.CC.COc1ccc(CCC[C@@](C)(C(=O)NC=O)c2cc3ncc(/C(=N\O)N4CCN(c5cnccn5)CC4)cc3o2)c(C=O)c1. The predicted molar refractivity (Wildman–Crippen MR) is 184 cm³/mol. The number of oxime groups is 1. The summed E-state index contributed by atoms with van der Waals surface area (Å²) in [6.45, 7) is 12.2. The maximum absolute atomic E-state index is 13.2. The van der Waals surface area contributed by atoms with Crippen molar-refractivity contribution >= 4 is 41.4 Å². The first-order valence-electron chi connectivity index (χ1n) is 16.1. The fourth-order valence-electron chi connectivity index (χ4n) is 5.45. The van der Waals surface area contributed by atoms with Crippen LogP contribution in [0.15, 0.2) is 64.7 Å². The minimum Gasteiger partial charge on any atom is -0.497 e. The molecule has 3 aromatic heterocycles. The number of nitrogens with one attached hydrogen (secondary N) is 1. The van der Waals surface area contributed by atoms with Crippen molar-refractivity contribution in [3.05, 3.63) is 77.6 Å². The number of ether oxygens (including phenoxy) is 1. The van der Waals surface area contributed by atoms with Gasteiger partial charge in [-0.2, -0.15) is 0 Å². The van der Waals surface area contributed by atoms with Gasteiger partial charge >= 0.3 is 0 Å². The van der Waals surface area contributed by atoms with Crippen molar-refractivity contribution in [2.75, 3.05) is 38.2 Å². The molecule has 0 bridgehead atoms. The van der Waals surface area contributed by atoms with Crippen LogP contribution >= 0.6 is 0 Å². The highest BCUT2D eigenvalue weighted by molar-refractivity contribution is 6.00. The zero-order chi connectivity index (χ0) is 35.1. The Kier molecular flexibility index (Phi) is 14.0. The van der Waals surface area contributed by atoms with Crippen molar-refractivity contribution in [2.24, 2.45) is 5.16 Å². The summed E-state index contributed by atoms with van der Waals surface area (Å²) in [5.41, 5.74) is 1.59. The van der Waals surface area contributed by atoms with Crippen LogP contribution in [0.3, 0.4) is 0 Å². The lowest BCUT2D eigenvalue weighted by Crippen LogP contribution is -2.49. The normalized spacial score (nSPS) is 14.1. The van der Waals surface area contributed by atoms with E-state index in [-0.39, 0.29) is 0 Å². The number of aldehydes is 1. The molecule has 48 heavy (non-hydrogen) atoms. The highest BCUT2D eigenvalue weighted by Gasteiger charge is 2.38. The van der Waals surface area contributed by atoms with E-state index in [1.807, 2.05) is 38.7 Å². The summed E-state index contributed by atoms with van der Waals surface area (Å²) in [4.78, 5) is 53.1. The largest absolute Gasteiger partial charge is 0.497 e. The van der Waals surface area contributed by atoms with E-state index in [2.05, 4.69) is 30.3 Å². The molecule has 0 saturated carbocycles. The Morgan fingerprint density at radius 1 is 1.06 bits per heavy atom. The third-order valence-electron chi connectivity index (χ3n) is 8.01. The van der Waals surface area contributed by atoms with Crippen LogP contribution in [0.2, 0.25) is 0 Å². The number of carbonyl (C=O) groups excluding carboxylic acids is 3. The molecular weight excluding hydrogens is 614 g/mol. The smallest absolute Gasteiger partial charge is 0.239 e. The van der Waals surface area contributed by atoms with E-state index >= 15 is 0 Å². The average molecular weight is 660 g/mol. The molecule has 0 radical (unpaired) electrons. The first kappa shape index (κ1) is 37.1. The van der Waals surface area contributed by atoms with Gasteiger partial charge in [0.1, 0.15) is 34.5 Å². The van der Waals surface area contributed by atoms with Crippen LogP contribution in [-0.2, 0) is 21.4 Å². The third kappa shape index (κ3) is 8.52. The lowest BCUT2D eigenvalue weighted by molar-refractivity contribution is -0.130. The quantitative estimate of drug-likeness (QED) is 0.0732. The summed E-state index contributed by atoms with van der Waals surface area (Å²) in [5.74, 6) is 1.54. The Morgan fingerprint density at radius 3 is 2.44 bits per heavy atom. The number of fused-ring (bicyclic) bond motifs is 1. The monoisotopic (exact) mass is 659 g/mol. The van der Waals surface area contributed by atoms with Gasteiger partial charge in [-0.3, -0.25) is 29.7 Å². The fourth-order valence-corrected chi connectivity index (χ4v) is 5.45. The summed E-state index contributed by atoms with van der Waals surface area (Å²) in [6, 6.07) is 8.69. The number of amides is 2. The standard InChI is InChI=1S/C31H33N7O6.2C2H6/c1-31(30(41)35-20-40,7-3-4-21-5-6-24(43-2)14-23(21)19-39)27-16-25-26(44-27)15-22(17-34-25)29(36-42)38-12-10-37(11-13-38)28-18-32-8-9-33-28;2*1-2/h5-6,8-9,14-20,42H,3-4,7,10-13H2,1-2H3,(H,35,40,41);2*1-2H3/b36-29+;;/t31-;;/m1../s1. The topological polar surface area (TPSA) is 163 Å². The highest BCUT2D eigenvalue weighted by atomic mass is 16.5. The van der Waals surface area contributed by atoms with Gasteiger partial charge in [-0.25, -0.2) is 4.98 Å². The van der Waals surface area contributed by atoms with Gasteiger partial charge in [0.2, 0.25) is 12.3 Å². The first-order valence-corrected chi connectivity index (χ1v) is 16.1. The van der Waals surface area contributed by atoms with Gasteiger partial charge in [-0.05, 0) is 49.9 Å². The Labute approximate surface area is 281 Å². The number of piperazine rings is 1. The van der Waals surface area contributed by atoms with Gasteiger partial charge in [0.15, 0.2) is 11.4 Å². The van der Waals surface area contributed by atoms with Crippen molar-refractivity contribution in [2.45, 2.75) is 59.3 Å². The number of nitrogens with zero attached hydrogens (tertiary/aromatic N) is 6. The number of benzene rings is 1. The number of imide groups is 1. The summed E-state index contributed by atoms with van der Waals surface area (Å²) in [6.07, 6.45) is 9.08. The second-order valence-electron chi connectivity index (χ2n) is 10.6. The lowest BCUT2D eigenvalue weighted by Gasteiger charge is -2.36. The minimum absolute atomic E-state index is 0.323. The number of pyridine rings is 1. The van der Waals surface area contributed by atoms with E-state index in [0.29, 0.717) is 91.4 Å². The maximum atomic E-state index is 13.2. The van der Waals surface area contributed by atoms with Crippen molar-refractivity contribution < 1.29 is 28.7 Å². The number of hydrogen-bond acceptors (Lipinski definition) is 11. The van der Waals surface area contributed by atoms with Crippen LogP contribution in [0.5, 0.6) is 5.75 Å². The molecule has 0 unspecified atom stereocenters. The van der Waals surface area contributed by atoms with Crippen LogP contribution in [0, 0.1) is 0 Å². The van der Waals surface area contributed by atoms with E-state index in [4.69, 9.17) is 9.15 Å². The Bertz CT molecular complexity index is 1670. The van der Waals surface area contributed by atoms with Crippen LogP contribution in [0.4, 0.5) is 5.82 Å². The van der Waals surface area contributed by atoms with Gasteiger partial charge in [0, 0.05) is 62.0 Å². The van der Waals surface area contributed by atoms with Crippen molar-refractivity contribution in [3.8, 4) is 5.75 Å². The maximum Gasteiger partial charge on any atom is 0.239 e. The molecule has 1 fully saturated rings. The summed E-state index contributed by atoms with van der Waals surface area (Å²) >= 11 is 0. The van der Waals surface area contributed by atoms with E-state index in [9.17, 15) is 19.6 Å². The summed E-state index contributed by atoms with van der Waals surface area (Å²) in [5, 5.41) is 15.8. The third-order valence-corrected chi connectivity index (χ3v) is 8.01. The van der Waals surface area contributed by atoms with Crippen molar-refractivity contribution in [3.63, 3.8) is 0 Å². The number of anilines is 1. The molecule has 256 valence electrons. The molecule has 2 amide bonds. The molecule has 1 aliphatic rings. The molecule has 1 saturated heterocycles. The number of aromatic nitrogens is 3. The van der Waals surface area contributed by atoms with Crippen LogP contribution in [0.25, 0.3) is 11.1 Å². The number of methoxy groups -OCH3 is 1. The molecule has 5 rings (SSSR count). The number of furan rings is 1. The zero-order valence-electron chi connectivity index (χ0n) is 28.5. The Hall–Kier alpha value is -5.33. The number of amidine groups is 1. The molecular formula is C35H45N7O6. The second kappa shape index (κ2) is 18.1. The van der Waals surface area contributed by atoms with E-state index in [1.165, 1.54) is 7.11 Å². The molecule has 0 spiro atoms. The van der Waals surface area contributed by atoms with Gasteiger partial charge < -0.3 is 24.2 Å². The first-order chi connectivity index (χ1) is 23.4. The van der Waals surface area contributed by atoms with Gasteiger partial charge in [-0.1, -0.05) is 38.9 Å². The molecule has 2 N–H and O–H groups in total. The molecule has 4 heterocycles. The number of carbonyl (C=O) groups is 3. The molecule has 13 nitrogen and oxygen atoms in total. The molecule has 1 atom stereocenters. The fraction of sp³-hybridized carbons (Fsp3) is 0.400. The van der Waals surface area contributed by atoms with Crippen molar-refractivity contribution in [1.29, 1.82) is 0 Å². The number of hydrogen-bond donors (Lipinski definition) is 2. The van der Waals surface area contributed by atoms with Gasteiger partial charge in [0.05, 0.1) is 13.3 Å². The predicted octanol–water partition coefficient (Wildman–Crippen LogP) is 5.00. The molecule has 1 aromatic carbocycles. The number of rotatable bonds is 11. The minimum atomic E-state index is -1.21. The lowest BCUT2D eigenvalue weighted by atomic mass is 9.80. The van der Waals surface area contributed by atoms with E-state index in [1.54, 1.807) is 56.0 Å². The molecule has 4 aromatic rings. The van der Waals surface area contributed by atoms with Gasteiger partial charge in [0.25, 0.3) is 0 Å². The van der Waals surface area contributed by atoms with E-state index in [0.717, 1.165) is 17.7 Å². The highest BCUT2D eigenvalue weighted by Crippen LogP contribution is 2.34. The molecule has 1 aliphatic heterocycles. The molecule has 0 aliphatic carbocycles. The Morgan fingerprint density at radius 2 is 1.81 bits per heavy atom. The summed E-state index contributed by atoms with van der Waals surface area (Å²) < 4.78 is 11.4. The molecule has 13 heteroatoms. The average Bonchev–Trinajstić information content (AvgIpc) is 3.59. The van der Waals surface area contributed by atoms with Gasteiger partial charge in [-0.15, -0.1) is 0 Å². The van der Waals surface area contributed by atoms with Crippen LogP contribution < -0.4 is 15.0 Å².